The van der Waals surface area contributed by atoms with E-state index in [2.05, 4.69) is 16.0 Å². The zero-order chi connectivity index (χ0) is 29.9. The molecule has 220 valence electrons. The van der Waals surface area contributed by atoms with Crippen LogP contribution >= 0.6 is 0 Å². The second-order valence-electron chi connectivity index (χ2n) is 10.7. The third-order valence-electron chi connectivity index (χ3n) is 6.85. The molecule has 3 aromatic carbocycles. The number of methoxy groups -OCH3 is 2. The fourth-order valence-corrected chi connectivity index (χ4v) is 4.77. The molecule has 4 rings (SSSR count). The number of nitrogens with zero attached hydrogens (tertiary/aromatic N) is 3. The van der Waals surface area contributed by atoms with Crippen LogP contribution in [0.5, 0.6) is 11.5 Å². The molecule has 1 aromatic heterocycles. The Bertz CT molecular complexity index is 1450. The number of ether oxygens (including phenoxy) is 2. The molecule has 8 nitrogen and oxygen atoms in total. The SMILES string of the molecule is COc1cccc(Cn2cccc2CN(Cc2ccccc2)C(=O)CN(CC(C)C)C(=O)Nc2cccc(OC)c2)c1. The molecule has 8 heteroatoms. The average molecular weight is 569 g/mol. The van der Waals surface area contributed by atoms with Crippen molar-refractivity contribution in [3.8, 4) is 11.5 Å². The number of amides is 3. The van der Waals surface area contributed by atoms with E-state index in [4.69, 9.17) is 9.47 Å². The van der Waals surface area contributed by atoms with E-state index >= 15 is 0 Å². The van der Waals surface area contributed by atoms with Gasteiger partial charge in [-0.3, -0.25) is 4.79 Å². The van der Waals surface area contributed by atoms with Crippen molar-refractivity contribution in [2.45, 2.75) is 33.5 Å². The van der Waals surface area contributed by atoms with Crippen LogP contribution in [-0.2, 0) is 24.4 Å². The molecule has 0 saturated heterocycles. The molecule has 0 unspecified atom stereocenters. The second-order valence-corrected chi connectivity index (χ2v) is 10.7. The zero-order valence-electron chi connectivity index (χ0n) is 24.8. The molecule has 0 spiro atoms. The summed E-state index contributed by atoms with van der Waals surface area (Å²) in [6.07, 6.45) is 2.02. The van der Waals surface area contributed by atoms with Crippen molar-refractivity contribution in [3.63, 3.8) is 0 Å². The number of benzene rings is 3. The van der Waals surface area contributed by atoms with Crippen molar-refractivity contribution in [1.82, 2.24) is 14.4 Å². The summed E-state index contributed by atoms with van der Waals surface area (Å²) in [5.74, 6) is 1.50. The second kappa shape index (κ2) is 14.8. The van der Waals surface area contributed by atoms with Crippen LogP contribution in [0.25, 0.3) is 0 Å². The van der Waals surface area contributed by atoms with Gasteiger partial charge in [-0.1, -0.05) is 62.4 Å². The molecule has 3 amide bonds. The minimum atomic E-state index is -0.327. The molecule has 0 aliphatic carbocycles. The molecular weight excluding hydrogens is 528 g/mol. The summed E-state index contributed by atoms with van der Waals surface area (Å²) in [5, 5.41) is 2.93. The van der Waals surface area contributed by atoms with E-state index in [1.165, 1.54) is 0 Å². The van der Waals surface area contributed by atoms with Gasteiger partial charge >= 0.3 is 6.03 Å². The predicted molar refractivity (Wildman–Crippen MR) is 166 cm³/mol. The third kappa shape index (κ3) is 8.64. The van der Waals surface area contributed by atoms with Gasteiger partial charge in [0, 0.05) is 43.3 Å². The van der Waals surface area contributed by atoms with Crippen molar-refractivity contribution in [2.24, 2.45) is 5.92 Å². The molecule has 4 aromatic rings. The van der Waals surface area contributed by atoms with Crippen LogP contribution in [-0.4, -0.2) is 53.6 Å². The Balaban J connectivity index is 1.54. The highest BCUT2D eigenvalue weighted by molar-refractivity contribution is 5.92. The number of nitrogens with one attached hydrogen (secondary N) is 1. The van der Waals surface area contributed by atoms with E-state index in [0.29, 0.717) is 37.6 Å². The summed E-state index contributed by atoms with van der Waals surface area (Å²) in [4.78, 5) is 30.7. The summed E-state index contributed by atoms with van der Waals surface area (Å²) < 4.78 is 12.8. The van der Waals surface area contributed by atoms with Crippen molar-refractivity contribution in [1.29, 1.82) is 0 Å². The van der Waals surface area contributed by atoms with E-state index in [1.54, 1.807) is 31.3 Å². The van der Waals surface area contributed by atoms with Crippen molar-refractivity contribution in [2.75, 3.05) is 32.6 Å². The number of anilines is 1. The number of carbonyl (C=O) groups excluding carboxylic acids is 2. The maximum Gasteiger partial charge on any atom is 0.322 e. The lowest BCUT2D eigenvalue weighted by Crippen LogP contribution is -2.45. The minimum absolute atomic E-state index is 0.0442. The number of carbonyl (C=O) groups is 2. The van der Waals surface area contributed by atoms with E-state index in [-0.39, 0.29) is 24.4 Å². The monoisotopic (exact) mass is 568 g/mol. The molecular formula is C34H40N4O4. The average Bonchev–Trinajstić information content (AvgIpc) is 3.43. The largest absolute Gasteiger partial charge is 0.497 e. The number of urea groups is 1. The number of rotatable bonds is 13. The molecule has 0 aliphatic rings. The maximum atomic E-state index is 13.9. The predicted octanol–water partition coefficient (Wildman–Crippen LogP) is 6.27. The first-order valence-corrected chi connectivity index (χ1v) is 14.1. The van der Waals surface area contributed by atoms with Gasteiger partial charge in [0.25, 0.3) is 0 Å². The first kappa shape index (κ1) is 30.2. The quantitative estimate of drug-likeness (QED) is 0.206. The lowest BCUT2D eigenvalue weighted by atomic mass is 10.2. The van der Waals surface area contributed by atoms with Crippen LogP contribution in [0.1, 0.15) is 30.7 Å². The zero-order valence-corrected chi connectivity index (χ0v) is 24.8. The van der Waals surface area contributed by atoms with Gasteiger partial charge in [-0.05, 0) is 53.4 Å². The van der Waals surface area contributed by atoms with E-state index < -0.39 is 0 Å². The van der Waals surface area contributed by atoms with Crippen LogP contribution < -0.4 is 14.8 Å². The Morgan fingerprint density at radius 1 is 0.786 bits per heavy atom. The van der Waals surface area contributed by atoms with Crippen molar-refractivity contribution >= 4 is 17.6 Å². The summed E-state index contributed by atoms with van der Waals surface area (Å²) >= 11 is 0. The van der Waals surface area contributed by atoms with Crippen LogP contribution in [0, 0.1) is 5.92 Å². The Morgan fingerprint density at radius 2 is 1.48 bits per heavy atom. The van der Waals surface area contributed by atoms with Gasteiger partial charge in [-0.15, -0.1) is 0 Å². The van der Waals surface area contributed by atoms with Gasteiger partial charge < -0.3 is 29.2 Å². The fraction of sp³-hybridized carbons (Fsp3) is 0.294. The first-order valence-electron chi connectivity index (χ1n) is 14.1. The van der Waals surface area contributed by atoms with Crippen molar-refractivity contribution < 1.29 is 19.1 Å². The fourth-order valence-electron chi connectivity index (χ4n) is 4.77. The molecule has 0 saturated carbocycles. The molecule has 1 N–H and O–H groups in total. The summed E-state index contributed by atoms with van der Waals surface area (Å²) in [6.45, 7) is 5.93. The van der Waals surface area contributed by atoms with Crippen LogP contribution in [0.3, 0.4) is 0 Å². The third-order valence-corrected chi connectivity index (χ3v) is 6.85. The van der Waals surface area contributed by atoms with Gasteiger partial charge in [0.05, 0.1) is 20.8 Å². The Kier molecular flexibility index (Phi) is 10.6. The lowest BCUT2D eigenvalue weighted by Gasteiger charge is -2.29. The lowest BCUT2D eigenvalue weighted by molar-refractivity contribution is -0.133. The highest BCUT2D eigenvalue weighted by Crippen LogP contribution is 2.19. The Labute approximate surface area is 248 Å². The van der Waals surface area contributed by atoms with Gasteiger partial charge in [-0.25, -0.2) is 4.79 Å². The standard InChI is InChI=1S/C34H40N4O4/c1-26(2)21-38(34(40)35-29-14-9-17-32(20-29)42-4)25-33(39)37(22-27-11-6-5-7-12-27)24-30-15-10-18-36(30)23-28-13-8-16-31(19-28)41-3/h5-20,26H,21-25H2,1-4H3,(H,35,40). The molecule has 1 heterocycles. The van der Waals surface area contributed by atoms with Crippen LogP contribution in [0.4, 0.5) is 10.5 Å². The van der Waals surface area contributed by atoms with Gasteiger partial charge in [-0.2, -0.15) is 0 Å². The highest BCUT2D eigenvalue weighted by Gasteiger charge is 2.23. The summed E-state index contributed by atoms with van der Waals surface area (Å²) in [7, 11) is 3.24. The minimum Gasteiger partial charge on any atom is -0.497 e. The smallest absolute Gasteiger partial charge is 0.322 e. The first-order chi connectivity index (χ1) is 20.3. The normalized spacial score (nSPS) is 10.8. The molecule has 0 fully saturated rings. The highest BCUT2D eigenvalue weighted by atomic mass is 16.5. The van der Waals surface area contributed by atoms with Gasteiger partial charge in [0.2, 0.25) is 5.91 Å². The summed E-state index contributed by atoms with van der Waals surface area (Å²) in [5.41, 5.74) is 3.73. The molecule has 0 bridgehead atoms. The molecule has 0 aliphatic heterocycles. The Hall–Kier alpha value is -4.72. The van der Waals surface area contributed by atoms with E-state index in [9.17, 15) is 9.59 Å². The number of hydrogen-bond acceptors (Lipinski definition) is 4. The molecule has 42 heavy (non-hydrogen) atoms. The number of aromatic nitrogens is 1. The molecule has 0 atom stereocenters. The van der Waals surface area contributed by atoms with Crippen LogP contribution in [0.2, 0.25) is 0 Å². The number of hydrogen-bond donors (Lipinski definition) is 1. The van der Waals surface area contributed by atoms with E-state index in [0.717, 1.165) is 22.6 Å². The van der Waals surface area contributed by atoms with Crippen molar-refractivity contribution in [3.05, 3.63) is 114 Å². The van der Waals surface area contributed by atoms with Gasteiger partial charge in [0.15, 0.2) is 0 Å². The topological polar surface area (TPSA) is 76.0 Å². The van der Waals surface area contributed by atoms with E-state index in [1.807, 2.05) is 97.7 Å². The van der Waals surface area contributed by atoms with Crippen LogP contribution in [0.15, 0.2) is 97.2 Å². The van der Waals surface area contributed by atoms with Gasteiger partial charge in [0.1, 0.15) is 18.0 Å². The maximum absolute atomic E-state index is 13.9. The summed E-state index contributed by atoms with van der Waals surface area (Å²) in [6, 6.07) is 28.8. The Morgan fingerprint density at radius 3 is 2.19 bits per heavy atom. The molecule has 0 radical (unpaired) electrons.